The van der Waals surface area contributed by atoms with Gasteiger partial charge in [0, 0.05) is 12.3 Å². The molecule has 0 aliphatic rings. The van der Waals surface area contributed by atoms with Crippen molar-refractivity contribution in [3.05, 3.63) is 24.4 Å². The van der Waals surface area contributed by atoms with E-state index in [1.807, 2.05) is 18.2 Å². The number of hydrogen-bond acceptors (Lipinski definition) is 4. The zero-order valence-electron chi connectivity index (χ0n) is 8.97. The van der Waals surface area contributed by atoms with Crippen molar-refractivity contribution in [3.8, 4) is 5.88 Å². The third-order valence-electron chi connectivity index (χ3n) is 1.58. The molecule has 0 aliphatic heterocycles. The van der Waals surface area contributed by atoms with Gasteiger partial charge in [0.2, 0.25) is 5.88 Å². The van der Waals surface area contributed by atoms with Gasteiger partial charge in [-0.1, -0.05) is 19.9 Å². The normalized spacial score (nSPS) is 8.73. The van der Waals surface area contributed by atoms with E-state index in [1.54, 1.807) is 6.20 Å². The van der Waals surface area contributed by atoms with E-state index in [0.717, 1.165) is 18.9 Å². The molecule has 1 rings (SSSR count). The Kier molecular flexibility index (Phi) is 7.92. The van der Waals surface area contributed by atoms with Gasteiger partial charge >= 0.3 is 6.15 Å². The summed E-state index contributed by atoms with van der Waals surface area (Å²) in [4.78, 5) is 20.3. The van der Waals surface area contributed by atoms with Crippen LogP contribution in [0.4, 0.5) is 0 Å². The SMILES string of the molecule is CC(C)CCOc1ccccn1.O=C=O. The quantitative estimate of drug-likeness (QED) is 0.760. The van der Waals surface area contributed by atoms with Gasteiger partial charge in [-0.05, 0) is 18.4 Å². The molecule has 0 aliphatic carbocycles. The van der Waals surface area contributed by atoms with Crippen molar-refractivity contribution in [1.29, 1.82) is 0 Å². The molecule has 4 nitrogen and oxygen atoms in total. The molecule has 0 fully saturated rings. The Bertz CT molecular complexity index is 279. The van der Waals surface area contributed by atoms with Crippen LogP contribution in [0, 0.1) is 5.92 Å². The molecule has 0 radical (unpaired) electrons. The van der Waals surface area contributed by atoms with Crippen LogP contribution in [0.15, 0.2) is 24.4 Å². The summed E-state index contributed by atoms with van der Waals surface area (Å²) in [6, 6.07) is 5.69. The van der Waals surface area contributed by atoms with Crippen molar-refractivity contribution in [3.63, 3.8) is 0 Å². The van der Waals surface area contributed by atoms with E-state index in [4.69, 9.17) is 14.3 Å². The fraction of sp³-hybridized carbons (Fsp3) is 0.455. The lowest BCUT2D eigenvalue weighted by Crippen LogP contribution is -2.02. The predicted octanol–water partition coefficient (Wildman–Crippen LogP) is 1.92. The molecule has 0 atom stereocenters. The first-order valence-corrected chi connectivity index (χ1v) is 4.73. The Morgan fingerprint density at radius 2 is 2.07 bits per heavy atom. The van der Waals surface area contributed by atoms with E-state index in [1.165, 1.54) is 0 Å². The average molecular weight is 209 g/mol. The lowest BCUT2D eigenvalue weighted by atomic mass is 10.1. The van der Waals surface area contributed by atoms with Gasteiger partial charge < -0.3 is 4.74 Å². The molecule has 0 amide bonds. The summed E-state index contributed by atoms with van der Waals surface area (Å²) in [7, 11) is 0. The Hall–Kier alpha value is -1.67. The number of pyridine rings is 1. The van der Waals surface area contributed by atoms with Crippen LogP contribution in [0.3, 0.4) is 0 Å². The van der Waals surface area contributed by atoms with Crippen LogP contribution in [0.2, 0.25) is 0 Å². The van der Waals surface area contributed by atoms with Gasteiger partial charge in [-0.25, -0.2) is 4.98 Å². The van der Waals surface area contributed by atoms with Crippen molar-refractivity contribution in [1.82, 2.24) is 4.98 Å². The standard InChI is InChI=1S/C10H15NO.CO2/c1-9(2)6-8-12-10-5-3-4-7-11-10;2-1-3/h3-5,7,9H,6,8H2,1-2H3;. The van der Waals surface area contributed by atoms with E-state index in [0.29, 0.717) is 5.92 Å². The molecular weight excluding hydrogens is 194 g/mol. The minimum Gasteiger partial charge on any atom is -0.478 e. The van der Waals surface area contributed by atoms with Crippen molar-refractivity contribution in [2.75, 3.05) is 6.61 Å². The number of rotatable bonds is 4. The zero-order chi connectivity index (χ0) is 11.5. The third kappa shape index (κ3) is 8.65. The lowest BCUT2D eigenvalue weighted by Gasteiger charge is -2.05. The summed E-state index contributed by atoms with van der Waals surface area (Å²) in [5.41, 5.74) is 0. The van der Waals surface area contributed by atoms with Crippen molar-refractivity contribution >= 4 is 6.15 Å². The number of ether oxygens (including phenoxy) is 1. The summed E-state index contributed by atoms with van der Waals surface area (Å²) < 4.78 is 5.41. The van der Waals surface area contributed by atoms with Gasteiger partial charge in [0.15, 0.2) is 0 Å². The molecule has 1 aromatic heterocycles. The molecule has 1 heterocycles. The molecule has 4 heteroatoms. The van der Waals surface area contributed by atoms with Gasteiger partial charge in [-0.15, -0.1) is 0 Å². The average Bonchev–Trinajstić information content (AvgIpc) is 2.20. The lowest BCUT2D eigenvalue weighted by molar-refractivity contribution is -0.191. The fourth-order valence-corrected chi connectivity index (χ4v) is 0.832. The molecule has 1 aromatic rings. The van der Waals surface area contributed by atoms with Crippen LogP contribution in [0.1, 0.15) is 20.3 Å². The van der Waals surface area contributed by atoms with E-state index < -0.39 is 0 Å². The zero-order valence-corrected chi connectivity index (χ0v) is 8.97. The monoisotopic (exact) mass is 209 g/mol. The number of nitrogens with zero attached hydrogens (tertiary/aromatic N) is 1. The molecule has 0 saturated heterocycles. The largest absolute Gasteiger partial charge is 0.478 e. The molecule has 0 bridgehead atoms. The van der Waals surface area contributed by atoms with Crippen LogP contribution < -0.4 is 4.74 Å². The van der Waals surface area contributed by atoms with Gasteiger partial charge in [0.05, 0.1) is 6.61 Å². The molecule has 0 spiro atoms. The summed E-state index contributed by atoms with van der Waals surface area (Å²) in [5, 5.41) is 0. The van der Waals surface area contributed by atoms with Crippen LogP contribution in [-0.4, -0.2) is 17.7 Å². The first kappa shape index (κ1) is 13.3. The van der Waals surface area contributed by atoms with E-state index in [-0.39, 0.29) is 6.15 Å². The molecule has 82 valence electrons. The van der Waals surface area contributed by atoms with Crippen LogP contribution in [0.5, 0.6) is 5.88 Å². The Labute approximate surface area is 89.3 Å². The van der Waals surface area contributed by atoms with Gasteiger partial charge in [0.25, 0.3) is 0 Å². The smallest absolute Gasteiger partial charge is 0.373 e. The van der Waals surface area contributed by atoms with Gasteiger partial charge in [-0.2, -0.15) is 9.59 Å². The molecular formula is C11H15NO3. The number of hydrogen-bond donors (Lipinski definition) is 0. The van der Waals surface area contributed by atoms with Crippen molar-refractivity contribution in [2.45, 2.75) is 20.3 Å². The number of aromatic nitrogens is 1. The van der Waals surface area contributed by atoms with Crippen LogP contribution in [0.25, 0.3) is 0 Å². The second-order valence-corrected chi connectivity index (χ2v) is 3.28. The van der Waals surface area contributed by atoms with E-state index >= 15 is 0 Å². The first-order valence-electron chi connectivity index (χ1n) is 4.73. The maximum atomic E-state index is 8.12. The second kappa shape index (κ2) is 8.91. The highest BCUT2D eigenvalue weighted by Gasteiger charge is 1.95. The van der Waals surface area contributed by atoms with E-state index in [2.05, 4.69) is 18.8 Å². The molecule has 0 saturated carbocycles. The molecule has 0 aromatic carbocycles. The van der Waals surface area contributed by atoms with Crippen molar-refractivity contribution < 1.29 is 14.3 Å². The minimum atomic E-state index is 0.250. The molecule has 15 heavy (non-hydrogen) atoms. The summed E-state index contributed by atoms with van der Waals surface area (Å²) in [6.07, 6.45) is 3.07. The maximum Gasteiger partial charge on any atom is 0.373 e. The topological polar surface area (TPSA) is 56.3 Å². The Morgan fingerprint density at radius 1 is 1.40 bits per heavy atom. The second-order valence-electron chi connectivity index (χ2n) is 3.28. The maximum absolute atomic E-state index is 8.12. The molecule has 0 unspecified atom stereocenters. The molecule has 0 N–H and O–H groups in total. The highest BCUT2D eigenvalue weighted by atomic mass is 16.5. The van der Waals surface area contributed by atoms with Gasteiger partial charge in [0.1, 0.15) is 0 Å². The fourth-order valence-electron chi connectivity index (χ4n) is 0.832. The summed E-state index contributed by atoms with van der Waals surface area (Å²) in [6.45, 7) is 5.12. The van der Waals surface area contributed by atoms with Crippen LogP contribution >= 0.6 is 0 Å². The van der Waals surface area contributed by atoms with Crippen molar-refractivity contribution in [2.24, 2.45) is 5.92 Å². The predicted molar refractivity (Wildman–Crippen MR) is 54.2 cm³/mol. The van der Waals surface area contributed by atoms with E-state index in [9.17, 15) is 0 Å². The van der Waals surface area contributed by atoms with Crippen LogP contribution in [-0.2, 0) is 9.59 Å². The highest BCUT2D eigenvalue weighted by Crippen LogP contribution is 2.05. The Morgan fingerprint density at radius 3 is 2.53 bits per heavy atom. The Balaban J connectivity index is 0.000000583. The summed E-state index contributed by atoms with van der Waals surface area (Å²) >= 11 is 0. The number of carbonyl (C=O) groups excluding carboxylic acids is 2. The highest BCUT2D eigenvalue weighted by molar-refractivity contribution is 5.20. The first-order chi connectivity index (χ1) is 7.20. The van der Waals surface area contributed by atoms with Gasteiger partial charge in [-0.3, -0.25) is 0 Å². The third-order valence-corrected chi connectivity index (χ3v) is 1.58. The minimum absolute atomic E-state index is 0.250. The summed E-state index contributed by atoms with van der Waals surface area (Å²) in [5.74, 6) is 1.41.